The molecule has 6 nitrogen and oxygen atoms in total. The smallest absolute Gasteiger partial charge is 0.242 e. The van der Waals surface area contributed by atoms with Crippen LogP contribution >= 0.6 is 11.8 Å². The zero-order chi connectivity index (χ0) is 21.1. The number of benzene rings is 1. The Labute approximate surface area is 182 Å². The Morgan fingerprint density at radius 3 is 2.57 bits per heavy atom. The van der Waals surface area contributed by atoms with Gasteiger partial charge in [-0.3, -0.25) is 9.59 Å². The molecule has 2 heterocycles. The molecule has 0 spiro atoms. The average Bonchev–Trinajstić information content (AvgIpc) is 3.34. The first-order valence-electron chi connectivity index (χ1n) is 10.9. The van der Waals surface area contributed by atoms with Gasteiger partial charge in [0.25, 0.3) is 0 Å². The Hall–Kier alpha value is -1.99. The molecule has 7 heteroatoms. The van der Waals surface area contributed by atoms with Gasteiger partial charge in [-0.25, -0.2) is 0 Å². The van der Waals surface area contributed by atoms with Gasteiger partial charge in [0, 0.05) is 41.1 Å². The van der Waals surface area contributed by atoms with E-state index in [-0.39, 0.29) is 24.0 Å². The minimum absolute atomic E-state index is 0.0589. The summed E-state index contributed by atoms with van der Waals surface area (Å²) in [6, 6.07) is 8.43. The fraction of sp³-hybridized carbons (Fsp3) is 0.565. The summed E-state index contributed by atoms with van der Waals surface area (Å²) in [4.78, 5) is 28.2. The molecule has 1 aromatic heterocycles. The van der Waals surface area contributed by atoms with Crippen LogP contribution in [0.3, 0.4) is 0 Å². The SMILES string of the molecule is C[C@@H]1CN(C(=O)Cn2cc(SCC(=O)NC3CCCC3)c3ccccc32)C[C@@H](C)O1. The van der Waals surface area contributed by atoms with Gasteiger partial charge in [-0.05, 0) is 32.8 Å². The number of carbonyl (C=O) groups is 2. The molecule has 2 aromatic rings. The zero-order valence-corrected chi connectivity index (χ0v) is 18.6. The van der Waals surface area contributed by atoms with Gasteiger partial charge in [-0.1, -0.05) is 31.0 Å². The third-order valence-electron chi connectivity index (χ3n) is 5.91. The summed E-state index contributed by atoms with van der Waals surface area (Å²) in [6.07, 6.45) is 6.74. The summed E-state index contributed by atoms with van der Waals surface area (Å²) in [5, 5.41) is 4.24. The molecule has 2 amide bonds. The molecule has 1 saturated heterocycles. The van der Waals surface area contributed by atoms with Crippen molar-refractivity contribution in [2.45, 2.75) is 69.2 Å². The fourth-order valence-corrected chi connectivity index (χ4v) is 5.47. The Morgan fingerprint density at radius 2 is 1.83 bits per heavy atom. The van der Waals surface area contributed by atoms with Crippen molar-refractivity contribution >= 4 is 34.5 Å². The predicted molar refractivity (Wildman–Crippen MR) is 120 cm³/mol. The van der Waals surface area contributed by atoms with Gasteiger partial charge in [-0.15, -0.1) is 11.8 Å². The van der Waals surface area contributed by atoms with Crippen LogP contribution in [0.4, 0.5) is 0 Å². The van der Waals surface area contributed by atoms with E-state index >= 15 is 0 Å². The number of ether oxygens (including phenoxy) is 1. The molecule has 0 unspecified atom stereocenters. The summed E-state index contributed by atoms with van der Waals surface area (Å²) >= 11 is 1.55. The largest absolute Gasteiger partial charge is 0.372 e. The van der Waals surface area contributed by atoms with E-state index in [9.17, 15) is 9.59 Å². The molecule has 1 aliphatic carbocycles. The standard InChI is InChI=1S/C23H31N3O3S/c1-16-11-26(12-17(2)29-16)23(28)14-25-13-21(19-9-5-6-10-20(19)25)30-15-22(27)24-18-7-3-4-8-18/h5-6,9-10,13,16-18H,3-4,7-8,11-12,14-15H2,1-2H3,(H,24,27)/t16-,17-/m1/s1. The highest BCUT2D eigenvalue weighted by molar-refractivity contribution is 8.00. The van der Waals surface area contributed by atoms with Gasteiger partial charge in [0.1, 0.15) is 6.54 Å². The number of hydrogen-bond donors (Lipinski definition) is 1. The summed E-state index contributed by atoms with van der Waals surface area (Å²) < 4.78 is 7.76. The van der Waals surface area contributed by atoms with Crippen LogP contribution in [0.5, 0.6) is 0 Å². The summed E-state index contributed by atoms with van der Waals surface area (Å²) in [5.74, 6) is 0.598. The number of thioether (sulfide) groups is 1. The number of para-hydroxylation sites is 1. The van der Waals surface area contributed by atoms with Crippen LogP contribution in [-0.4, -0.2) is 58.4 Å². The van der Waals surface area contributed by atoms with Gasteiger partial charge in [0.05, 0.1) is 18.0 Å². The molecule has 1 N–H and O–H groups in total. The second-order valence-corrected chi connectivity index (χ2v) is 9.55. The van der Waals surface area contributed by atoms with Crippen LogP contribution in [0.15, 0.2) is 35.4 Å². The average molecular weight is 430 g/mol. The van der Waals surface area contributed by atoms with Crippen molar-refractivity contribution in [3.63, 3.8) is 0 Å². The molecule has 1 aromatic carbocycles. The predicted octanol–water partition coefficient (Wildman–Crippen LogP) is 3.43. The molecule has 30 heavy (non-hydrogen) atoms. The number of rotatable bonds is 6. The molecule has 2 atom stereocenters. The maximum absolute atomic E-state index is 12.9. The van der Waals surface area contributed by atoms with Gasteiger partial charge in [0.15, 0.2) is 0 Å². The van der Waals surface area contributed by atoms with E-state index in [1.54, 1.807) is 11.8 Å². The quantitative estimate of drug-likeness (QED) is 0.715. The van der Waals surface area contributed by atoms with Gasteiger partial charge in [-0.2, -0.15) is 0 Å². The lowest BCUT2D eigenvalue weighted by atomic mass is 10.2. The molecular formula is C23H31N3O3S. The first kappa shape index (κ1) is 21.2. The highest BCUT2D eigenvalue weighted by atomic mass is 32.2. The van der Waals surface area contributed by atoms with Gasteiger partial charge < -0.3 is 19.5 Å². The maximum atomic E-state index is 12.9. The Balaban J connectivity index is 1.44. The fourth-order valence-electron chi connectivity index (χ4n) is 4.57. The number of morpholine rings is 1. The minimum atomic E-state index is 0.0589. The number of nitrogens with zero attached hydrogens (tertiary/aromatic N) is 2. The second kappa shape index (κ2) is 9.43. The van der Waals surface area contributed by atoms with E-state index in [1.807, 2.05) is 47.7 Å². The van der Waals surface area contributed by atoms with Crippen LogP contribution in [0, 0.1) is 0 Å². The topological polar surface area (TPSA) is 63.6 Å². The van der Waals surface area contributed by atoms with E-state index < -0.39 is 0 Å². The van der Waals surface area contributed by atoms with Crippen LogP contribution in [0.1, 0.15) is 39.5 Å². The van der Waals surface area contributed by atoms with Crippen LogP contribution < -0.4 is 5.32 Å². The van der Waals surface area contributed by atoms with Crippen molar-refractivity contribution in [1.82, 2.24) is 14.8 Å². The van der Waals surface area contributed by atoms with E-state index in [0.717, 1.165) is 28.6 Å². The van der Waals surface area contributed by atoms with Crippen molar-refractivity contribution < 1.29 is 14.3 Å². The zero-order valence-electron chi connectivity index (χ0n) is 17.8. The van der Waals surface area contributed by atoms with E-state index in [2.05, 4.69) is 11.4 Å². The number of nitrogens with one attached hydrogen (secondary N) is 1. The van der Waals surface area contributed by atoms with E-state index in [1.165, 1.54) is 12.8 Å². The molecule has 0 radical (unpaired) electrons. The number of carbonyl (C=O) groups excluding carboxylic acids is 2. The molecule has 4 rings (SSSR count). The molecule has 1 saturated carbocycles. The first-order chi connectivity index (χ1) is 14.5. The van der Waals surface area contributed by atoms with E-state index in [4.69, 9.17) is 4.74 Å². The molecule has 2 fully saturated rings. The lowest BCUT2D eigenvalue weighted by Crippen LogP contribution is -2.49. The van der Waals surface area contributed by atoms with Crippen molar-refractivity contribution in [2.24, 2.45) is 0 Å². The second-order valence-electron chi connectivity index (χ2n) is 8.53. The molecular weight excluding hydrogens is 398 g/mol. The Morgan fingerprint density at radius 1 is 1.13 bits per heavy atom. The van der Waals surface area contributed by atoms with Crippen LogP contribution in [0.25, 0.3) is 10.9 Å². The highest BCUT2D eigenvalue weighted by Gasteiger charge is 2.26. The molecule has 0 bridgehead atoms. The first-order valence-corrected chi connectivity index (χ1v) is 11.9. The maximum Gasteiger partial charge on any atom is 0.242 e. The number of hydrogen-bond acceptors (Lipinski definition) is 4. The third kappa shape index (κ3) is 5.01. The third-order valence-corrected chi connectivity index (χ3v) is 6.95. The van der Waals surface area contributed by atoms with Crippen molar-refractivity contribution in [3.8, 4) is 0 Å². The molecule has 162 valence electrons. The Kier molecular flexibility index (Phi) is 6.68. The Bertz CT molecular complexity index is 896. The number of aromatic nitrogens is 1. The molecule has 1 aliphatic heterocycles. The van der Waals surface area contributed by atoms with Crippen molar-refractivity contribution in [3.05, 3.63) is 30.5 Å². The van der Waals surface area contributed by atoms with Crippen LogP contribution in [-0.2, 0) is 20.9 Å². The molecule has 2 aliphatic rings. The summed E-state index contributed by atoms with van der Waals surface area (Å²) in [6.45, 7) is 5.57. The number of amides is 2. The normalized spacial score (nSPS) is 22.5. The summed E-state index contributed by atoms with van der Waals surface area (Å²) in [5.41, 5.74) is 1.03. The van der Waals surface area contributed by atoms with Crippen LogP contribution in [0.2, 0.25) is 0 Å². The summed E-state index contributed by atoms with van der Waals surface area (Å²) in [7, 11) is 0. The van der Waals surface area contributed by atoms with Crippen molar-refractivity contribution in [2.75, 3.05) is 18.8 Å². The van der Waals surface area contributed by atoms with Gasteiger partial charge >= 0.3 is 0 Å². The minimum Gasteiger partial charge on any atom is -0.372 e. The monoisotopic (exact) mass is 429 g/mol. The van der Waals surface area contributed by atoms with Crippen molar-refractivity contribution in [1.29, 1.82) is 0 Å². The lowest BCUT2D eigenvalue weighted by Gasteiger charge is -2.35. The highest BCUT2D eigenvalue weighted by Crippen LogP contribution is 2.30. The van der Waals surface area contributed by atoms with E-state index in [0.29, 0.717) is 31.4 Å². The van der Waals surface area contributed by atoms with Gasteiger partial charge in [0.2, 0.25) is 11.8 Å². The number of fused-ring (bicyclic) bond motifs is 1. The lowest BCUT2D eigenvalue weighted by molar-refractivity contribution is -0.143.